The molecule has 0 aliphatic carbocycles. The third-order valence-electron chi connectivity index (χ3n) is 0.389. The number of rotatable bonds is 2. The fourth-order valence-corrected chi connectivity index (χ4v) is 0. The lowest BCUT2D eigenvalue weighted by Gasteiger charge is -1.76. The van der Waals surface area contributed by atoms with Gasteiger partial charge in [0.2, 0.25) is 0 Å². The van der Waals surface area contributed by atoms with Gasteiger partial charge in [0, 0.05) is 13.7 Å². The van der Waals surface area contributed by atoms with Gasteiger partial charge in [0.25, 0.3) is 0 Å². The zero-order valence-electron chi connectivity index (χ0n) is 13.9. The van der Waals surface area contributed by atoms with E-state index in [1.807, 2.05) is 6.92 Å². The predicted octanol–water partition coefficient (Wildman–Crippen LogP) is 4.44. The lowest BCUT2D eigenvalue weighted by molar-refractivity contribution is 0.186. The molecule has 0 saturated heterocycles. The average Bonchev–Trinajstić information content (AvgIpc) is 2.65. The van der Waals surface area contributed by atoms with Gasteiger partial charge in [-0.05, 0) is 6.92 Å². The standard InChI is InChI=1S/C3H8O.C2H6O2.6C2H4/c1-3-4-2;3-1-2-4;6*1-2/h3H2,1-2H3;3-4H,1-2H2;6*1-2H2. The molecule has 124 valence electrons. The zero-order chi connectivity index (χ0) is 18.8. The third-order valence-corrected chi connectivity index (χ3v) is 0.389. The maximum absolute atomic E-state index is 7.62. The van der Waals surface area contributed by atoms with Crippen molar-refractivity contribution in [2.45, 2.75) is 6.92 Å². The SMILES string of the molecule is C=C.C=C.C=C.C=C.C=C.C=C.CCOC.OCCO. The molecule has 0 amide bonds. The first-order chi connectivity index (χ1) is 9.83. The molecule has 20 heavy (non-hydrogen) atoms. The largest absolute Gasteiger partial charge is 0.394 e. The summed E-state index contributed by atoms with van der Waals surface area (Å²) in [5.74, 6) is 0. The van der Waals surface area contributed by atoms with Crippen LogP contribution in [0.15, 0.2) is 78.9 Å². The number of aliphatic hydroxyl groups excluding tert-OH is 2. The van der Waals surface area contributed by atoms with Crippen LogP contribution < -0.4 is 0 Å². The summed E-state index contributed by atoms with van der Waals surface area (Å²) >= 11 is 0. The number of hydrogen-bond donors (Lipinski definition) is 2. The number of ether oxygens (including phenoxy) is 1. The van der Waals surface area contributed by atoms with Crippen LogP contribution in [-0.2, 0) is 4.74 Å². The molecule has 0 radical (unpaired) electrons. The van der Waals surface area contributed by atoms with E-state index in [2.05, 4.69) is 83.7 Å². The van der Waals surface area contributed by atoms with E-state index >= 15 is 0 Å². The van der Waals surface area contributed by atoms with Gasteiger partial charge in [0.15, 0.2) is 0 Å². The first-order valence-corrected chi connectivity index (χ1v) is 5.54. The highest BCUT2D eigenvalue weighted by molar-refractivity contribution is 4.23. The van der Waals surface area contributed by atoms with Crippen LogP contribution in [0.5, 0.6) is 0 Å². The Kier molecular flexibility index (Phi) is 2210. The second kappa shape index (κ2) is 857. The Hall–Kier alpha value is -1.68. The smallest absolute Gasteiger partial charge is 0.0662 e. The average molecular weight is 290 g/mol. The summed E-state index contributed by atoms with van der Waals surface area (Å²) in [4.78, 5) is 0. The monoisotopic (exact) mass is 290 g/mol. The Morgan fingerprint density at radius 1 is 0.600 bits per heavy atom. The van der Waals surface area contributed by atoms with Crippen LogP contribution in [0.4, 0.5) is 0 Å². The van der Waals surface area contributed by atoms with Crippen molar-refractivity contribution in [1.82, 2.24) is 0 Å². The van der Waals surface area contributed by atoms with Gasteiger partial charge in [0.05, 0.1) is 13.2 Å². The van der Waals surface area contributed by atoms with Crippen molar-refractivity contribution in [3.05, 3.63) is 78.9 Å². The Balaban J connectivity index is -0.0000000142. The van der Waals surface area contributed by atoms with Crippen molar-refractivity contribution >= 4 is 0 Å². The second-order valence-electron chi connectivity index (χ2n) is 1.02. The van der Waals surface area contributed by atoms with E-state index in [0.29, 0.717) is 0 Å². The van der Waals surface area contributed by atoms with Gasteiger partial charge in [-0.25, -0.2) is 0 Å². The summed E-state index contributed by atoms with van der Waals surface area (Å²) in [7, 11) is 1.68. The van der Waals surface area contributed by atoms with Gasteiger partial charge >= 0.3 is 0 Å². The van der Waals surface area contributed by atoms with Crippen LogP contribution in [0.2, 0.25) is 0 Å². The van der Waals surface area contributed by atoms with Crippen molar-refractivity contribution in [2.75, 3.05) is 26.9 Å². The summed E-state index contributed by atoms with van der Waals surface area (Å²) in [6.45, 7) is 38.5. The Labute approximate surface area is 128 Å². The Morgan fingerprint density at radius 2 is 0.700 bits per heavy atom. The van der Waals surface area contributed by atoms with Crippen molar-refractivity contribution in [3.8, 4) is 0 Å². The van der Waals surface area contributed by atoms with E-state index in [4.69, 9.17) is 10.2 Å². The number of methoxy groups -OCH3 is 1. The molecular formula is C17H38O3. The topological polar surface area (TPSA) is 49.7 Å². The molecule has 0 aromatic carbocycles. The zero-order valence-corrected chi connectivity index (χ0v) is 13.9. The normalized spacial score (nSPS) is 4.20. The van der Waals surface area contributed by atoms with Gasteiger partial charge in [-0.15, -0.1) is 78.9 Å². The summed E-state index contributed by atoms with van der Waals surface area (Å²) in [6.07, 6.45) is 0. The van der Waals surface area contributed by atoms with Gasteiger partial charge in [-0.2, -0.15) is 0 Å². The minimum absolute atomic E-state index is 0.125. The molecule has 0 fully saturated rings. The molecule has 0 aliphatic rings. The minimum Gasteiger partial charge on any atom is -0.394 e. The molecule has 2 N–H and O–H groups in total. The highest BCUT2D eigenvalue weighted by Crippen LogP contribution is 1.52. The summed E-state index contributed by atoms with van der Waals surface area (Å²) in [6, 6.07) is 0. The van der Waals surface area contributed by atoms with E-state index in [-0.39, 0.29) is 13.2 Å². The van der Waals surface area contributed by atoms with Crippen LogP contribution in [-0.4, -0.2) is 37.1 Å². The van der Waals surface area contributed by atoms with Gasteiger partial charge in [-0.3, -0.25) is 0 Å². The van der Waals surface area contributed by atoms with Gasteiger partial charge in [0.1, 0.15) is 0 Å². The molecule has 0 heterocycles. The van der Waals surface area contributed by atoms with E-state index in [0.717, 1.165) is 6.61 Å². The molecule has 0 bridgehead atoms. The first-order valence-electron chi connectivity index (χ1n) is 5.54. The van der Waals surface area contributed by atoms with E-state index < -0.39 is 0 Å². The summed E-state index contributed by atoms with van der Waals surface area (Å²) in [5, 5.41) is 15.2. The second-order valence-corrected chi connectivity index (χ2v) is 1.02. The van der Waals surface area contributed by atoms with Crippen LogP contribution >= 0.6 is 0 Å². The number of hydrogen-bond acceptors (Lipinski definition) is 3. The van der Waals surface area contributed by atoms with Crippen molar-refractivity contribution in [3.63, 3.8) is 0 Å². The fourth-order valence-electron chi connectivity index (χ4n) is 0. The molecule has 3 heteroatoms. The lowest BCUT2D eigenvalue weighted by atomic mass is 10.8. The molecule has 3 nitrogen and oxygen atoms in total. The third kappa shape index (κ3) is 37400. The highest BCUT2D eigenvalue weighted by Gasteiger charge is 1.58. The number of aliphatic hydroxyl groups is 2. The molecule has 0 rings (SSSR count). The van der Waals surface area contributed by atoms with Crippen LogP contribution in [0.3, 0.4) is 0 Å². The summed E-state index contributed by atoms with van der Waals surface area (Å²) < 4.78 is 4.54. The first kappa shape index (κ1) is 51.6. The molecule has 0 unspecified atom stereocenters. The van der Waals surface area contributed by atoms with Crippen LogP contribution in [0, 0.1) is 0 Å². The lowest BCUT2D eigenvalue weighted by Crippen LogP contribution is -1.85. The highest BCUT2D eigenvalue weighted by atomic mass is 16.5. The Bertz CT molecular complexity index is 55.1. The summed E-state index contributed by atoms with van der Waals surface area (Å²) in [5.41, 5.74) is 0. The van der Waals surface area contributed by atoms with E-state index in [1.165, 1.54) is 0 Å². The van der Waals surface area contributed by atoms with Gasteiger partial charge < -0.3 is 14.9 Å². The quantitative estimate of drug-likeness (QED) is 0.739. The van der Waals surface area contributed by atoms with Crippen molar-refractivity contribution < 1.29 is 14.9 Å². The molecule has 0 aromatic rings. The van der Waals surface area contributed by atoms with Crippen molar-refractivity contribution in [1.29, 1.82) is 0 Å². The van der Waals surface area contributed by atoms with E-state index in [1.54, 1.807) is 7.11 Å². The minimum atomic E-state index is -0.125. The van der Waals surface area contributed by atoms with Gasteiger partial charge in [-0.1, -0.05) is 0 Å². The fraction of sp³-hybridized carbons (Fsp3) is 0.294. The molecular weight excluding hydrogens is 252 g/mol. The van der Waals surface area contributed by atoms with E-state index in [9.17, 15) is 0 Å². The predicted molar refractivity (Wildman–Crippen MR) is 99.2 cm³/mol. The molecule has 0 atom stereocenters. The van der Waals surface area contributed by atoms with Crippen LogP contribution in [0.1, 0.15) is 6.92 Å². The molecule has 0 aliphatic heterocycles. The van der Waals surface area contributed by atoms with Crippen LogP contribution in [0.25, 0.3) is 0 Å². The molecule has 0 aromatic heterocycles. The van der Waals surface area contributed by atoms with Crippen molar-refractivity contribution in [2.24, 2.45) is 0 Å². The molecule has 0 spiro atoms. The Morgan fingerprint density at radius 3 is 0.700 bits per heavy atom. The maximum Gasteiger partial charge on any atom is 0.0662 e. The maximum atomic E-state index is 7.62. The molecule has 0 saturated carbocycles.